The monoisotopic (exact) mass is 593 g/mol. The Bertz CT molecular complexity index is 2630. The number of hydrogen-bond acceptors (Lipinski definition) is 3. The van der Waals surface area contributed by atoms with Crippen LogP contribution in [-0.4, -0.2) is 14.5 Å². The summed E-state index contributed by atoms with van der Waals surface area (Å²) in [5.41, 5.74) is 11.0. The predicted molar refractivity (Wildman–Crippen MR) is 191 cm³/mol. The van der Waals surface area contributed by atoms with Gasteiger partial charge in [-0.25, -0.2) is 9.97 Å². The van der Waals surface area contributed by atoms with Crippen LogP contribution in [0.5, 0.6) is 0 Å². The van der Waals surface area contributed by atoms with E-state index in [0.29, 0.717) is 17.8 Å². The van der Waals surface area contributed by atoms with E-state index in [1.165, 1.54) is 38.5 Å². The Hall–Kier alpha value is -5.48. The zero-order valence-electron chi connectivity index (χ0n) is 25.8. The zero-order valence-corrected chi connectivity index (χ0v) is 25.8. The van der Waals surface area contributed by atoms with E-state index in [-0.39, 0.29) is 0 Å². The highest BCUT2D eigenvalue weighted by molar-refractivity contribution is 6.20. The van der Waals surface area contributed by atoms with Gasteiger partial charge in [-0.1, -0.05) is 98.8 Å². The molecule has 0 fully saturated rings. The van der Waals surface area contributed by atoms with Crippen LogP contribution in [0, 0.1) is 5.92 Å². The van der Waals surface area contributed by atoms with Gasteiger partial charge < -0.3 is 4.42 Å². The van der Waals surface area contributed by atoms with E-state index in [1.807, 2.05) is 0 Å². The Balaban J connectivity index is 1.37. The van der Waals surface area contributed by atoms with E-state index in [1.54, 1.807) is 0 Å². The lowest BCUT2D eigenvalue weighted by atomic mass is 9.89. The van der Waals surface area contributed by atoms with Crippen molar-refractivity contribution in [2.75, 3.05) is 0 Å². The molecule has 0 radical (unpaired) electrons. The first kappa shape index (κ1) is 25.8. The van der Waals surface area contributed by atoms with Crippen LogP contribution >= 0.6 is 0 Å². The fourth-order valence-corrected chi connectivity index (χ4v) is 7.96. The van der Waals surface area contributed by atoms with Gasteiger partial charge in [0.15, 0.2) is 0 Å². The Morgan fingerprint density at radius 2 is 1.61 bits per heavy atom. The number of para-hydroxylation sites is 1. The van der Waals surface area contributed by atoms with Crippen molar-refractivity contribution in [2.45, 2.75) is 32.6 Å². The Morgan fingerprint density at radius 3 is 2.54 bits per heavy atom. The SMILES string of the molecule is CC1C=Cc2cc3c(cc2C1)oc1ccc2c(-c4cccc5ccccc45)nc(-n4c5c(c6ccccc64)C=CCC5C)nc2c13. The second kappa shape index (κ2) is 9.51. The number of furan rings is 1. The smallest absolute Gasteiger partial charge is 0.235 e. The average Bonchev–Trinajstić information content (AvgIpc) is 3.63. The fraction of sp³-hybridized carbons (Fsp3) is 0.143. The molecule has 2 aliphatic rings. The molecule has 0 N–H and O–H groups in total. The van der Waals surface area contributed by atoms with Gasteiger partial charge in [0.25, 0.3) is 0 Å². The van der Waals surface area contributed by atoms with Crippen molar-refractivity contribution in [1.82, 2.24) is 14.5 Å². The molecule has 2 aliphatic carbocycles. The molecular formula is C42H31N3O. The Kier molecular flexibility index (Phi) is 5.34. The molecule has 0 saturated carbocycles. The number of hydrogen-bond donors (Lipinski definition) is 0. The first-order chi connectivity index (χ1) is 22.6. The first-order valence-electron chi connectivity index (χ1n) is 16.3. The van der Waals surface area contributed by atoms with Gasteiger partial charge in [0.1, 0.15) is 11.2 Å². The lowest BCUT2D eigenvalue weighted by Gasteiger charge is -2.19. The average molecular weight is 594 g/mol. The molecule has 8 aromatic rings. The van der Waals surface area contributed by atoms with Gasteiger partial charge in [-0.05, 0) is 71.0 Å². The third kappa shape index (κ3) is 3.61. The number of allylic oxidation sites excluding steroid dienone is 2. The van der Waals surface area contributed by atoms with E-state index in [2.05, 4.69) is 134 Å². The first-order valence-corrected chi connectivity index (χ1v) is 16.3. The lowest BCUT2D eigenvalue weighted by Crippen LogP contribution is -2.11. The second-order valence-corrected chi connectivity index (χ2v) is 13.1. The molecule has 0 spiro atoms. The van der Waals surface area contributed by atoms with Gasteiger partial charge in [-0.2, -0.15) is 0 Å². The van der Waals surface area contributed by atoms with E-state index >= 15 is 0 Å². The van der Waals surface area contributed by atoms with Crippen molar-refractivity contribution in [3.8, 4) is 17.2 Å². The third-order valence-corrected chi connectivity index (χ3v) is 10.1. The molecule has 5 aromatic carbocycles. The summed E-state index contributed by atoms with van der Waals surface area (Å²) in [7, 11) is 0. The molecule has 10 rings (SSSR count). The molecule has 0 aliphatic heterocycles. The van der Waals surface area contributed by atoms with Crippen LogP contribution in [0.1, 0.15) is 48.6 Å². The molecule has 46 heavy (non-hydrogen) atoms. The van der Waals surface area contributed by atoms with Crippen LogP contribution in [-0.2, 0) is 6.42 Å². The van der Waals surface area contributed by atoms with Gasteiger partial charge in [0.05, 0.1) is 22.1 Å². The van der Waals surface area contributed by atoms with Gasteiger partial charge in [0, 0.05) is 38.9 Å². The summed E-state index contributed by atoms with van der Waals surface area (Å²) in [6.07, 6.45) is 11.2. The van der Waals surface area contributed by atoms with Crippen molar-refractivity contribution in [3.63, 3.8) is 0 Å². The maximum absolute atomic E-state index is 6.59. The van der Waals surface area contributed by atoms with Crippen molar-refractivity contribution < 1.29 is 4.42 Å². The van der Waals surface area contributed by atoms with Crippen molar-refractivity contribution in [3.05, 3.63) is 126 Å². The van der Waals surface area contributed by atoms with Gasteiger partial charge >= 0.3 is 0 Å². The minimum atomic E-state index is 0.332. The highest BCUT2D eigenvalue weighted by Gasteiger charge is 2.26. The summed E-state index contributed by atoms with van der Waals surface area (Å²) in [5, 5.41) is 6.77. The molecule has 0 amide bonds. The van der Waals surface area contributed by atoms with E-state index in [0.717, 1.165) is 62.5 Å². The largest absolute Gasteiger partial charge is 0.456 e. The minimum absolute atomic E-state index is 0.332. The van der Waals surface area contributed by atoms with Gasteiger partial charge in [-0.3, -0.25) is 4.57 Å². The molecule has 2 unspecified atom stereocenters. The van der Waals surface area contributed by atoms with Crippen LogP contribution in [0.2, 0.25) is 0 Å². The van der Waals surface area contributed by atoms with Crippen molar-refractivity contribution in [1.29, 1.82) is 0 Å². The number of rotatable bonds is 2. The summed E-state index contributed by atoms with van der Waals surface area (Å²) < 4.78 is 8.91. The molecule has 3 aromatic heterocycles. The molecule has 0 bridgehead atoms. The fourth-order valence-electron chi connectivity index (χ4n) is 7.96. The molecule has 4 heteroatoms. The number of benzene rings is 5. The second-order valence-electron chi connectivity index (χ2n) is 13.1. The third-order valence-electron chi connectivity index (χ3n) is 10.1. The summed E-state index contributed by atoms with van der Waals surface area (Å²) in [6.45, 7) is 4.58. The normalized spacial score (nSPS) is 17.4. The summed E-state index contributed by atoms with van der Waals surface area (Å²) in [4.78, 5) is 11.0. The summed E-state index contributed by atoms with van der Waals surface area (Å²) in [6, 6.07) is 32.5. The quantitative estimate of drug-likeness (QED) is 0.200. The highest BCUT2D eigenvalue weighted by Crippen LogP contribution is 2.43. The standard InChI is InChI=1S/C42H31N3O/c1-24-17-18-27-22-34-37(23-28(27)21-24)46-36-20-19-33-39(31-14-8-11-26-10-3-4-12-29(26)31)43-42(44-40(33)38(34)36)45-35-16-6-5-13-30(35)32-15-7-9-25(2)41(32)45/h3-8,10-20,22-25H,9,21H2,1-2H3. The van der Waals surface area contributed by atoms with E-state index in [4.69, 9.17) is 14.4 Å². The highest BCUT2D eigenvalue weighted by atomic mass is 16.3. The molecular weight excluding hydrogens is 562 g/mol. The van der Waals surface area contributed by atoms with Crippen molar-refractivity contribution in [2.24, 2.45) is 5.92 Å². The van der Waals surface area contributed by atoms with Crippen LogP contribution in [0.15, 0.2) is 108 Å². The molecule has 220 valence electrons. The van der Waals surface area contributed by atoms with Crippen LogP contribution < -0.4 is 0 Å². The van der Waals surface area contributed by atoms with Crippen molar-refractivity contribution >= 4 is 66.7 Å². The Morgan fingerprint density at radius 1 is 0.761 bits per heavy atom. The van der Waals surface area contributed by atoms with Gasteiger partial charge in [0.2, 0.25) is 5.95 Å². The van der Waals surface area contributed by atoms with E-state index in [9.17, 15) is 0 Å². The molecule has 4 nitrogen and oxygen atoms in total. The van der Waals surface area contributed by atoms with Crippen LogP contribution in [0.25, 0.3) is 83.9 Å². The molecule has 2 atom stereocenters. The minimum Gasteiger partial charge on any atom is -0.456 e. The molecule has 0 saturated heterocycles. The summed E-state index contributed by atoms with van der Waals surface area (Å²) in [5.74, 6) is 1.55. The summed E-state index contributed by atoms with van der Waals surface area (Å²) >= 11 is 0. The Labute approximate surface area is 266 Å². The number of nitrogens with zero attached hydrogens (tertiary/aromatic N) is 3. The topological polar surface area (TPSA) is 43.9 Å². The van der Waals surface area contributed by atoms with Crippen LogP contribution in [0.3, 0.4) is 0 Å². The predicted octanol–water partition coefficient (Wildman–Crippen LogP) is 11.0. The lowest BCUT2D eigenvalue weighted by molar-refractivity contribution is 0.665. The zero-order chi connectivity index (χ0) is 30.5. The van der Waals surface area contributed by atoms with Crippen LogP contribution in [0.4, 0.5) is 0 Å². The maximum Gasteiger partial charge on any atom is 0.235 e. The number of fused-ring (bicyclic) bond motifs is 10. The van der Waals surface area contributed by atoms with Gasteiger partial charge in [-0.15, -0.1) is 0 Å². The molecule has 3 heterocycles. The number of aromatic nitrogens is 3. The van der Waals surface area contributed by atoms with E-state index < -0.39 is 0 Å². The maximum atomic E-state index is 6.59.